The number of benzene rings is 1. The number of nitrogens with zero attached hydrogens (tertiary/aromatic N) is 2. The monoisotopic (exact) mass is 355 g/mol. The summed E-state index contributed by atoms with van der Waals surface area (Å²) in [5.41, 5.74) is 3.09. The van der Waals surface area contributed by atoms with E-state index in [9.17, 15) is 4.79 Å². The summed E-state index contributed by atoms with van der Waals surface area (Å²) in [7, 11) is 2.08. The van der Waals surface area contributed by atoms with Crippen molar-refractivity contribution in [2.24, 2.45) is 0 Å². The first-order valence-electron chi connectivity index (χ1n) is 9.42. The van der Waals surface area contributed by atoms with Crippen LogP contribution in [0, 0.1) is 6.92 Å². The largest absolute Gasteiger partial charge is 0.465 e. The van der Waals surface area contributed by atoms with Crippen molar-refractivity contribution in [1.82, 2.24) is 15.1 Å². The molecule has 0 unspecified atom stereocenters. The summed E-state index contributed by atoms with van der Waals surface area (Å²) in [6.45, 7) is 9.12. The highest BCUT2D eigenvalue weighted by atomic mass is 16.3. The van der Waals surface area contributed by atoms with Crippen molar-refractivity contribution in [3.05, 3.63) is 58.5 Å². The Kier molecular flexibility index (Phi) is 6.12. The van der Waals surface area contributed by atoms with Gasteiger partial charge in [-0.25, -0.2) is 0 Å². The molecule has 1 aromatic carbocycles. The van der Waals surface area contributed by atoms with Crippen LogP contribution in [0.15, 0.2) is 34.7 Å². The second-order valence-electron chi connectivity index (χ2n) is 7.03. The van der Waals surface area contributed by atoms with E-state index in [-0.39, 0.29) is 5.91 Å². The molecule has 0 aliphatic carbocycles. The van der Waals surface area contributed by atoms with Crippen molar-refractivity contribution in [1.29, 1.82) is 0 Å². The van der Waals surface area contributed by atoms with E-state index in [0.717, 1.165) is 61.8 Å². The van der Waals surface area contributed by atoms with E-state index in [2.05, 4.69) is 53.4 Å². The second kappa shape index (κ2) is 8.52. The van der Waals surface area contributed by atoms with Crippen LogP contribution in [0.1, 0.15) is 39.9 Å². The lowest BCUT2D eigenvalue weighted by molar-refractivity contribution is 0.0945. The molecular weight excluding hydrogens is 326 g/mol. The van der Waals surface area contributed by atoms with Gasteiger partial charge in [0.1, 0.15) is 11.5 Å². The number of fused-ring (bicyclic) bond motifs is 1. The lowest BCUT2D eigenvalue weighted by Gasteiger charge is -2.22. The predicted molar refractivity (Wildman–Crippen MR) is 103 cm³/mol. The molecular formula is C21H29N3O2. The quantitative estimate of drug-likeness (QED) is 0.830. The van der Waals surface area contributed by atoms with E-state index >= 15 is 0 Å². The summed E-state index contributed by atoms with van der Waals surface area (Å²) < 4.78 is 5.84. The van der Waals surface area contributed by atoms with E-state index in [1.54, 1.807) is 0 Å². The van der Waals surface area contributed by atoms with Crippen molar-refractivity contribution in [2.45, 2.75) is 33.4 Å². The van der Waals surface area contributed by atoms with Gasteiger partial charge in [-0.2, -0.15) is 0 Å². The van der Waals surface area contributed by atoms with Gasteiger partial charge in [-0.15, -0.1) is 0 Å². The highest BCUT2D eigenvalue weighted by molar-refractivity contribution is 5.97. The number of nitrogens with one attached hydrogen (secondary N) is 1. The molecule has 5 nitrogen and oxygen atoms in total. The van der Waals surface area contributed by atoms with Crippen molar-refractivity contribution >= 4 is 5.91 Å². The summed E-state index contributed by atoms with van der Waals surface area (Å²) in [4.78, 5) is 17.3. The fraction of sp³-hybridized carbons (Fsp3) is 0.476. The van der Waals surface area contributed by atoms with Gasteiger partial charge in [0.2, 0.25) is 0 Å². The molecule has 3 rings (SSSR count). The summed E-state index contributed by atoms with van der Waals surface area (Å²) in [6, 6.07) is 10.4. The Hall–Kier alpha value is -2.11. The molecule has 140 valence electrons. The SMILES string of the molecule is CCN(CCNC(=O)c1c(C)oc2c1CN(C)CC2)Cc1ccccc1. The molecule has 0 atom stereocenters. The van der Waals surface area contributed by atoms with Crippen LogP contribution >= 0.6 is 0 Å². The van der Waals surface area contributed by atoms with Crippen LogP contribution in [-0.2, 0) is 19.5 Å². The predicted octanol–water partition coefficient (Wildman–Crippen LogP) is 2.83. The molecule has 0 fully saturated rings. The van der Waals surface area contributed by atoms with Crippen LogP contribution in [0.2, 0.25) is 0 Å². The van der Waals surface area contributed by atoms with Crippen molar-refractivity contribution < 1.29 is 9.21 Å². The number of furan rings is 1. The molecule has 1 amide bonds. The van der Waals surface area contributed by atoms with Crippen molar-refractivity contribution in [3.8, 4) is 0 Å². The zero-order valence-corrected chi connectivity index (χ0v) is 16.0. The molecule has 0 radical (unpaired) electrons. The number of carbonyl (C=O) groups is 1. The number of rotatable bonds is 7. The number of likely N-dealkylation sites (N-methyl/N-ethyl adjacent to an activating group) is 2. The second-order valence-corrected chi connectivity index (χ2v) is 7.03. The molecule has 5 heteroatoms. The zero-order chi connectivity index (χ0) is 18.5. The fourth-order valence-corrected chi connectivity index (χ4v) is 3.56. The maximum Gasteiger partial charge on any atom is 0.255 e. The van der Waals surface area contributed by atoms with Gasteiger partial charge in [-0.3, -0.25) is 9.69 Å². The third-order valence-corrected chi connectivity index (χ3v) is 5.05. The van der Waals surface area contributed by atoms with E-state index in [1.165, 1.54) is 5.56 Å². The summed E-state index contributed by atoms with van der Waals surface area (Å²) >= 11 is 0. The van der Waals surface area contributed by atoms with Gasteiger partial charge in [0.05, 0.1) is 5.56 Å². The van der Waals surface area contributed by atoms with Gasteiger partial charge in [0, 0.05) is 44.7 Å². The van der Waals surface area contributed by atoms with E-state index < -0.39 is 0 Å². The molecule has 0 bridgehead atoms. The number of hydrogen-bond donors (Lipinski definition) is 1. The van der Waals surface area contributed by atoms with Gasteiger partial charge in [-0.1, -0.05) is 37.3 Å². The molecule has 0 saturated heterocycles. The third-order valence-electron chi connectivity index (χ3n) is 5.05. The standard InChI is InChI=1S/C21H29N3O2/c1-4-24(14-17-8-6-5-7-9-17)13-11-22-21(25)20-16(2)26-19-10-12-23(3)15-18(19)20/h5-9H,4,10-15H2,1-3H3,(H,22,25). The lowest BCUT2D eigenvalue weighted by atomic mass is 10.0. The van der Waals surface area contributed by atoms with Gasteiger partial charge < -0.3 is 14.6 Å². The summed E-state index contributed by atoms with van der Waals surface area (Å²) in [5.74, 6) is 1.70. The third kappa shape index (κ3) is 4.34. The van der Waals surface area contributed by atoms with Crippen LogP contribution in [0.3, 0.4) is 0 Å². The minimum Gasteiger partial charge on any atom is -0.465 e. The first-order chi connectivity index (χ1) is 12.6. The Morgan fingerprint density at radius 2 is 2.08 bits per heavy atom. The number of aryl methyl sites for hydroxylation is 1. The molecule has 1 aliphatic heterocycles. The van der Waals surface area contributed by atoms with E-state index in [0.29, 0.717) is 6.54 Å². The molecule has 0 spiro atoms. The molecule has 1 aromatic heterocycles. The Morgan fingerprint density at radius 1 is 1.31 bits per heavy atom. The first-order valence-corrected chi connectivity index (χ1v) is 9.42. The number of amides is 1. The molecule has 0 saturated carbocycles. The highest BCUT2D eigenvalue weighted by Crippen LogP contribution is 2.27. The van der Waals surface area contributed by atoms with Crippen LogP contribution in [-0.4, -0.2) is 48.9 Å². The summed E-state index contributed by atoms with van der Waals surface area (Å²) in [5, 5.41) is 3.08. The topological polar surface area (TPSA) is 48.7 Å². The summed E-state index contributed by atoms with van der Waals surface area (Å²) in [6.07, 6.45) is 0.876. The Morgan fingerprint density at radius 3 is 2.81 bits per heavy atom. The van der Waals surface area contributed by atoms with Gasteiger partial charge in [-0.05, 0) is 26.1 Å². The van der Waals surface area contributed by atoms with Crippen LogP contribution < -0.4 is 5.32 Å². The zero-order valence-electron chi connectivity index (χ0n) is 16.0. The average Bonchev–Trinajstić information content (AvgIpc) is 2.96. The molecule has 1 N–H and O–H groups in total. The normalized spacial score (nSPS) is 14.5. The van der Waals surface area contributed by atoms with Crippen LogP contribution in [0.25, 0.3) is 0 Å². The smallest absolute Gasteiger partial charge is 0.255 e. The van der Waals surface area contributed by atoms with Gasteiger partial charge in [0.25, 0.3) is 5.91 Å². The highest BCUT2D eigenvalue weighted by Gasteiger charge is 2.26. The minimum absolute atomic E-state index is 0.0152. The Labute approximate surface area is 156 Å². The molecule has 2 aromatic rings. The average molecular weight is 355 g/mol. The van der Waals surface area contributed by atoms with Gasteiger partial charge >= 0.3 is 0 Å². The first kappa shape index (κ1) is 18.7. The van der Waals surface area contributed by atoms with Gasteiger partial charge in [0.15, 0.2) is 0 Å². The molecule has 26 heavy (non-hydrogen) atoms. The van der Waals surface area contributed by atoms with Crippen molar-refractivity contribution in [3.63, 3.8) is 0 Å². The minimum atomic E-state index is -0.0152. The van der Waals surface area contributed by atoms with Crippen molar-refractivity contribution in [2.75, 3.05) is 33.2 Å². The van der Waals surface area contributed by atoms with Crippen LogP contribution in [0.4, 0.5) is 0 Å². The molecule has 1 aliphatic rings. The fourth-order valence-electron chi connectivity index (χ4n) is 3.56. The lowest BCUT2D eigenvalue weighted by Crippen LogP contribution is -2.35. The number of carbonyl (C=O) groups excluding carboxylic acids is 1. The maximum absolute atomic E-state index is 12.7. The Balaban J connectivity index is 1.56. The van der Waals surface area contributed by atoms with E-state index in [4.69, 9.17) is 4.42 Å². The van der Waals surface area contributed by atoms with E-state index in [1.807, 2.05) is 13.0 Å². The van der Waals surface area contributed by atoms with Crippen LogP contribution in [0.5, 0.6) is 0 Å². The Bertz CT molecular complexity index is 739. The number of hydrogen-bond acceptors (Lipinski definition) is 4. The maximum atomic E-state index is 12.7. The molecule has 2 heterocycles.